The number of hydrogen-bond donors (Lipinski definition) is 0. The van der Waals surface area contributed by atoms with Gasteiger partial charge in [0.05, 0.1) is 0 Å². The molecule has 1 rings (SSSR count). The van der Waals surface area contributed by atoms with Crippen LogP contribution in [0.15, 0.2) is 24.3 Å². The van der Waals surface area contributed by atoms with E-state index in [2.05, 4.69) is 12.1 Å². The Bertz CT molecular complexity index is 218. The fourth-order valence-corrected chi connectivity index (χ4v) is 1.15. The second-order valence-electron chi connectivity index (χ2n) is 3.11. The minimum atomic E-state index is 0.938. The molecule has 0 aliphatic rings. The Morgan fingerprint density at radius 3 is 1.77 bits per heavy atom. The van der Waals surface area contributed by atoms with Crippen LogP contribution in [0.3, 0.4) is 0 Å². The number of benzene rings is 1. The van der Waals surface area contributed by atoms with Gasteiger partial charge in [0.2, 0.25) is 0 Å². The van der Waals surface area contributed by atoms with E-state index >= 15 is 0 Å². The molecule has 2 nitrogen and oxygen atoms in total. The average molecular weight is 286 g/mol. The molecule has 3 heteroatoms. The summed E-state index contributed by atoms with van der Waals surface area (Å²) in [5.74, 6) is 0.938. The Balaban J connectivity index is 0.000000310. The number of ether oxygens (including phenoxy) is 1. The van der Waals surface area contributed by atoms with Gasteiger partial charge in [0.1, 0.15) is 0 Å². The first-order valence-electron chi connectivity index (χ1n) is 4.06. The molecule has 2 radical (unpaired) electrons. The molecule has 1 aromatic rings. The second kappa shape index (κ2) is 7.21. The van der Waals surface area contributed by atoms with Crippen LogP contribution >= 0.6 is 0 Å². The average Bonchev–Trinajstić information content (AvgIpc) is 2.05. The molecular formula is C10H17NOSn. The van der Waals surface area contributed by atoms with Crippen LogP contribution in [0.1, 0.15) is 0 Å². The van der Waals surface area contributed by atoms with Gasteiger partial charge >= 0.3 is 68.0 Å². The molecule has 0 N–H and O–H groups in total. The molecule has 0 aliphatic carbocycles. The molecule has 0 amide bonds. The van der Waals surface area contributed by atoms with Crippen molar-refractivity contribution < 1.29 is 4.74 Å². The quantitative estimate of drug-likeness (QED) is 0.693. The summed E-state index contributed by atoms with van der Waals surface area (Å²) in [7, 11) is 7.68. The molecule has 0 fully saturated rings. The van der Waals surface area contributed by atoms with Crippen molar-refractivity contribution in [3.8, 4) is 5.75 Å². The van der Waals surface area contributed by atoms with Gasteiger partial charge in [-0.25, -0.2) is 0 Å². The molecule has 0 spiro atoms. The minimum absolute atomic E-state index is 0.938. The predicted octanol–water partition coefficient (Wildman–Crippen LogP) is 0.399. The molecule has 0 heterocycles. The first-order chi connectivity index (χ1) is 6.06. The van der Waals surface area contributed by atoms with E-state index in [1.165, 1.54) is 26.1 Å². The van der Waals surface area contributed by atoms with E-state index in [9.17, 15) is 0 Å². The van der Waals surface area contributed by atoms with Crippen LogP contribution in [-0.4, -0.2) is 55.7 Å². The maximum absolute atomic E-state index is 4.98. The first-order valence-corrected chi connectivity index (χ1v) is 5.71. The van der Waals surface area contributed by atoms with E-state index in [0.717, 1.165) is 5.75 Å². The van der Waals surface area contributed by atoms with Crippen molar-refractivity contribution in [2.75, 3.05) is 28.3 Å². The fourth-order valence-electron chi connectivity index (χ4n) is 0.604. The van der Waals surface area contributed by atoms with Gasteiger partial charge in [-0.2, -0.15) is 0 Å². The summed E-state index contributed by atoms with van der Waals surface area (Å²) >= 11 is 1.18. The summed E-state index contributed by atoms with van der Waals surface area (Å²) in [6, 6.07) is 8.14. The van der Waals surface area contributed by atoms with Crippen LogP contribution in [0.25, 0.3) is 0 Å². The van der Waals surface area contributed by atoms with Crippen molar-refractivity contribution in [1.82, 2.24) is 4.90 Å². The van der Waals surface area contributed by atoms with Gasteiger partial charge in [-0.3, -0.25) is 0 Å². The third-order valence-electron chi connectivity index (χ3n) is 1.12. The summed E-state index contributed by atoms with van der Waals surface area (Å²) in [5, 5.41) is 0. The molecule has 0 saturated heterocycles. The van der Waals surface area contributed by atoms with E-state index < -0.39 is 0 Å². The Morgan fingerprint density at radius 2 is 1.46 bits per heavy atom. The van der Waals surface area contributed by atoms with Crippen molar-refractivity contribution in [3.05, 3.63) is 24.3 Å². The van der Waals surface area contributed by atoms with Crippen LogP contribution in [0.2, 0.25) is 0 Å². The topological polar surface area (TPSA) is 12.5 Å². The van der Waals surface area contributed by atoms with Crippen LogP contribution in [-0.2, 0) is 0 Å². The molecule has 13 heavy (non-hydrogen) atoms. The second-order valence-corrected chi connectivity index (χ2v) is 5.02. The molecule has 0 atom stereocenters. The standard InChI is InChI=1S/C7H7O.C3H9N.Sn.H/c1-8-7-5-3-2-4-6-7;1-4(2)3;;/h3-6H,1H3;1-3H3;;. The molecule has 0 unspecified atom stereocenters. The van der Waals surface area contributed by atoms with Crippen molar-refractivity contribution in [1.29, 1.82) is 0 Å². The zero-order chi connectivity index (χ0) is 10.3. The number of rotatable bonds is 1. The fraction of sp³-hybridized carbons (Fsp3) is 0.400. The maximum atomic E-state index is 4.98. The zero-order valence-corrected chi connectivity index (χ0v) is 12.0. The Kier molecular flexibility index (Phi) is 7.09. The van der Waals surface area contributed by atoms with Crippen molar-refractivity contribution in [2.45, 2.75) is 0 Å². The van der Waals surface area contributed by atoms with Gasteiger partial charge in [0.25, 0.3) is 0 Å². The third kappa shape index (κ3) is 8.12. The molecule has 72 valence electrons. The van der Waals surface area contributed by atoms with Crippen molar-refractivity contribution >= 4 is 26.1 Å². The molecular weight excluding hydrogens is 269 g/mol. The molecule has 0 bridgehead atoms. The monoisotopic (exact) mass is 287 g/mol. The summed E-state index contributed by atoms with van der Waals surface area (Å²) in [4.78, 5) is 2.00. The Morgan fingerprint density at radius 1 is 1.08 bits per heavy atom. The normalized spacial score (nSPS) is 9.08. The van der Waals surface area contributed by atoms with Gasteiger partial charge in [-0.05, 0) is 21.1 Å². The van der Waals surface area contributed by atoms with E-state index in [-0.39, 0.29) is 0 Å². The van der Waals surface area contributed by atoms with Crippen LogP contribution < -0.4 is 8.32 Å². The van der Waals surface area contributed by atoms with E-state index in [0.29, 0.717) is 0 Å². The van der Waals surface area contributed by atoms with Crippen LogP contribution in [0.4, 0.5) is 0 Å². The van der Waals surface area contributed by atoms with Crippen LogP contribution in [0.5, 0.6) is 5.75 Å². The van der Waals surface area contributed by atoms with E-state index in [1.54, 1.807) is 7.11 Å². The molecule has 0 saturated carbocycles. The molecule has 0 aromatic heterocycles. The van der Waals surface area contributed by atoms with Gasteiger partial charge in [-0.1, -0.05) is 0 Å². The van der Waals surface area contributed by atoms with E-state index in [1.807, 2.05) is 38.2 Å². The number of nitrogens with zero attached hydrogens (tertiary/aromatic N) is 1. The SMILES string of the molecule is CN(C)C.COc1cc[c]([SnH])cc1. The van der Waals surface area contributed by atoms with Crippen LogP contribution in [0, 0.1) is 0 Å². The van der Waals surface area contributed by atoms with Crippen molar-refractivity contribution in [2.24, 2.45) is 0 Å². The third-order valence-corrected chi connectivity index (χ3v) is 2.21. The summed E-state index contributed by atoms with van der Waals surface area (Å²) in [6.45, 7) is 0. The van der Waals surface area contributed by atoms with E-state index in [4.69, 9.17) is 4.74 Å². The summed E-state index contributed by atoms with van der Waals surface area (Å²) < 4.78 is 6.37. The van der Waals surface area contributed by atoms with Gasteiger partial charge in [0, 0.05) is 0 Å². The van der Waals surface area contributed by atoms with Crippen molar-refractivity contribution in [3.63, 3.8) is 0 Å². The number of hydrogen-bond acceptors (Lipinski definition) is 2. The number of methoxy groups -OCH3 is 1. The molecule has 1 aromatic carbocycles. The summed E-state index contributed by atoms with van der Waals surface area (Å²) in [6.07, 6.45) is 0. The predicted molar refractivity (Wildman–Crippen MR) is 59.4 cm³/mol. The van der Waals surface area contributed by atoms with Gasteiger partial charge < -0.3 is 4.90 Å². The van der Waals surface area contributed by atoms with Gasteiger partial charge in [-0.15, -0.1) is 0 Å². The first kappa shape index (κ1) is 12.8. The summed E-state index contributed by atoms with van der Waals surface area (Å²) in [5.41, 5.74) is 0. The van der Waals surface area contributed by atoms with Gasteiger partial charge in [0.15, 0.2) is 0 Å². The molecule has 0 aliphatic heterocycles. The Hall–Kier alpha value is -0.221. The Labute approximate surface area is 94.0 Å². The zero-order valence-electron chi connectivity index (χ0n) is 8.74.